The van der Waals surface area contributed by atoms with Gasteiger partial charge in [0.1, 0.15) is 0 Å². The zero-order valence-corrected chi connectivity index (χ0v) is 18.7. The van der Waals surface area contributed by atoms with Crippen molar-refractivity contribution < 1.29 is 0 Å². The van der Waals surface area contributed by atoms with E-state index in [9.17, 15) is 0 Å². The van der Waals surface area contributed by atoms with Gasteiger partial charge in [-0.2, -0.15) is 10.2 Å². The van der Waals surface area contributed by atoms with E-state index in [1.165, 1.54) is 83.6 Å². The summed E-state index contributed by atoms with van der Waals surface area (Å²) in [5, 5.41) is 7.81. The molecule has 1 N–H and O–H groups in total. The first kappa shape index (κ1) is 23.9. The van der Waals surface area contributed by atoms with E-state index in [4.69, 9.17) is 0 Å². The molecule has 1 heterocycles. The summed E-state index contributed by atoms with van der Waals surface area (Å²) in [6, 6.07) is 0. The Morgan fingerprint density at radius 1 is 0.769 bits per heavy atom. The highest BCUT2D eigenvalue weighted by molar-refractivity contribution is 4.88. The minimum Gasteiger partial charge on any atom is -0.240 e. The second kappa shape index (κ2) is 13.9. The summed E-state index contributed by atoms with van der Waals surface area (Å²) in [5.74, 6) is 0. The lowest BCUT2D eigenvalue weighted by atomic mass is 9.85. The van der Waals surface area contributed by atoms with Gasteiger partial charge in [-0.3, -0.25) is 0 Å². The van der Waals surface area contributed by atoms with Crippen molar-refractivity contribution in [2.24, 2.45) is 0 Å². The summed E-state index contributed by atoms with van der Waals surface area (Å²) >= 11 is 0. The van der Waals surface area contributed by atoms with Crippen LogP contribution in [0.1, 0.15) is 112 Å². The first-order valence-corrected chi connectivity index (χ1v) is 11.7. The summed E-state index contributed by atoms with van der Waals surface area (Å²) in [6.07, 6.45) is 15.6. The molecule has 4 heteroatoms. The van der Waals surface area contributed by atoms with Crippen LogP contribution in [0, 0.1) is 0 Å². The lowest BCUT2D eigenvalue weighted by molar-refractivity contribution is -0.275. The number of rotatable bonds is 15. The van der Waals surface area contributed by atoms with E-state index in [2.05, 4.69) is 55.3 Å². The van der Waals surface area contributed by atoms with Crippen LogP contribution in [0.2, 0.25) is 0 Å². The topological polar surface area (TPSA) is 21.8 Å². The van der Waals surface area contributed by atoms with Crippen LogP contribution in [-0.4, -0.2) is 47.0 Å². The minimum absolute atomic E-state index is 0.326. The SMILES string of the molecule is CCCCCNN1CCCN(C(CC)(CC)CCCCC)N1CCCC. The molecule has 0 radical (unpaired) electrons. The highest BCUT2D eigenvalue weighted by Gasteiger charge is 2.40. The summed E-state index contributed by atoms with van der Waals surface area (Å²) in [5.41, 5.74) is 4.08. The fourth-order valence-electron chi connectivity index (χ4n) is 4.30. The van der Waals surface area contributed by atoms with Crippen LogP contribution in [0.5, 0.6) is 0 Å². The maximum Gasteiger partial charge on any atom is 0.0365 e. The van der Waals surface area contributed by atoms with Crippen molar-refractivity contribution in [1.82, 2.24) is 20.7 Å². The molecule has 0 unspecified atom stereocenters. The third-order valence-electron chi connectivity index (χ3n) is 6.19. The van der Waals surface area contributed by atoms with Crippen LogP contribution in [0.25, 0.3) is 0 Å². The fourth-order valence-corrected chi connectivity index (χ4v) is 4.30. The van der Waals surface area contributed by atoms with E-state index in [1.807, 2.05) is 0 Å². The normalized spacial score (nSPS) is 17.9. The Balaban J connectivity index is 2.86. The van der Waals surface area contributed by atoms with Crippen LogP contribution in [-0.2, 0) is 0 Å². The van der Waals surface area contributed by atoms with Gasteiger partial charge in [-0.1, -0.05) is 73.1 Å². The molecule has 0 atom stereocenters. The minimum atomic E-state index is 0.326. The third-order valence-corrected chi connectivity index (χ3v) is 6.19. The standard InChI is InChI=1S/C22H48N4/c1-6-11-14-17-22(9-4,10-5)24-19-16-20-25(23-18-15-12-7-2)26(24)21-13-8-3/h23H,6-21H2,1-5H3. The van der Waals surface area contributed by atoms with Gasteiger partial charge in [-0.15, -0.1) is 0 Å². The van der Waals surface area contributed by atoms with Crippen LogP contribution in [0.15, 0.2) is 0 Å². The van der Waals surface area contributed by atoms with E-state index in [-0.39, 0.29) is 0 Å². The molecular formula is C22H48N4. The highest BCUT2D eigenvalue weighted by atomic mass is 16.0. The van der Waals surface area contributed by atoms with Gasteiger partial charge in [0.15, 0.2) is 0 Å². The summed E-state index contributed by atoms with van der Waals surface area (Å²) in [7, 11) is 0. The average Bonchev–Trinajstić information content (AvgIpc) is 2.68. The quantitative estimate of drug-likeness (QED) is 0.371. The Hall–Kier alpha value is -0.160. The number of hydrogen-bond acceptors (Lipinski definition) is 4. The average molecular weight is 369 g/mol. The van der Waals surface area contributed by atoms with Gasteiger partial charge in [0.25, 0.3) is 0 Å². The molecule has 0 aromatic heterocycles. The number of hydrazine groups is 3. The molecule has 0 aliphatic carbocycles. The van der Waals surface area contributed by atoms with Crippen LogP contribution in [0.3, 0.4) is 0 Å². The molecule has 0 aromatic rings. The molecule has 1 fully saturated rings. The van der Waals surface area contributed by atoms with Crippen molar-refractivity contribution in [3.8, 4) is 0 Å². The van der Waals surface area contributed by atoms with Crippen LogP contribution >= 0.6 is 0 Å². The molecule has 1 saturated heterocycles. The Bertz CT molecular complexity index is 330. The summed E-state index contributed by atoms with van der Waals surface area (Å²) in [6.45, 7) is 16.3. The summed E-state index contributed by atoms with van der Waals surface area (Å²) < 4.78 is 0. The van der Waals surface area contributed by atoms with Gasteiger partial charge in [0.05, 0.1) is 0 Å². The molecule has 0 spiro atoms. The number of unbranched alkanes of at least 4 members (excludes halogenated alkanes) is 5. The number of hydrogen-bond donors (Lipinski definition) is 1. The van der Waals surface area contributed by atoms with Gasteiger partial charge in [-0.05, 0) is 38.5 Å². The van der Waals surface area contributed by atoms with Gasteiger partial charge in [0.2, 0.25) is 0 Å². The largest absolute Gasteiger partial charge is 0.240 e. The van der Waals surface area contributed by atoms with Gasteiger partial charge >= 0.3 is 0 Å². The maximum atomic E-state index is 3.75. The Morgan fingerprint density at radius 2 is 1.42 bits per heavy atom. The molecule has 0 amide bonds. The van der Waals surface area contributed by atoms with Crippen molar-refractivity contribution >= 4 is 0 Å². The first-order valence-electron chi connectivity index (χ1n) is 11.7. The number of nitrogens with zero attached hydrogens (tertiary/aromatic N) is 3. The third kappa shape index (κ3) is 7.10. The van der Waals surface area contributed by atoms with E-state index in [0.717, 1.165) is 19.6 Å². The molecule has 0 saturated carbocycles. The van der Waals surface area contributed by atoms with E-state index >= 15 is 0 Å². The molecule has 4 nitrogen and oxygen atoms in total. The molecular weight excluding hydrogens is 320 g/mol. The Labute approximate surface area is 164 Å². The molecule has 156 valence electrons. The molecule has 1 aliphatic heterocycles. The molecule has 0 aromatic carbocycles. The van der Waals surface area contributed by atoms with Crippen molar-refractivity contribution in [2.45, 2.75) is 117 Å². The molecule has 1 aliphatic rings. The van der Waals surface area contributed by atoms with Crippen molar-refractivity contribution in [3.05, 3.63) is 0 Å². The summed E-state index contributed by atoms with van der Waals surface area (Å²) in [4.78, 5) is 0. The fraction of sp³-hybridized carbons (Fsp3) is 1.00. The lowest BCUT2D eigenvalue weighted by Gasteiger charge is -2.55. The second-order valence-corrected chi connectivity index (χ2v) is 8.05. The highest BCUT2D eigenvalue weighted by Crippen LogP contribution is 2.34. The van der Waals surface area contributed by atoms with Crippen molar-refractivity contribution in [3.63, 3.8) is 0 Å². The maximum absolute atomic E-state index is 3.75. The molecule has 1 rings (SSSR count). The van der Waals surface area contributed by atoms with E-state index in [1.54, 1.807) is 0 Å². The van der Waals surface area contributed by atoms with Gasteiger partial charge in [0, 0.05) is 31.7 Å². The van der Waals surface area contributed by atoms with Gasteiger partial charge in [-0.25, -0.2) is 10.4 Å². The zero-order chi connectivity index (χ0) is 19.3. The molecule has 26 heavy (non-hydrogen) atoms. The lowest BCUT2D eigenvalue weighted by Crippen LogP contribution is -2.68. The Morgan fingerprint density at radius 3 is 2.04 bits per heavy atom. The predicted octanol–water partition coefficient (Wildman–Crippen LogP) is 5.76. The second-order valence-electron chi connectivity index (χ2n) is 8.05. The van der Waals surface area contributed by atoms with Crippen molar-refractivity contribution in [2.75, 3.05) is 26.2 Å². The predicted molar refractivity (Wildman–Crippen MR) is 115 cm³/mol. The van der Waals surface area contributed by atoms with Gasteiger partial charge < -0.3 is 0 Å². The zero-order valence-electron chi connectivity index (χ0n) is 18.7. The first-order chi connectivity index (χ1) is 12.7. The van der Waals surface area contributed by atoms with Crippen LogP contribution in [0.4, 0.5) is 0 Å². The smallest absolute Gasteiger partial charge is 0.0365 e. The molecule has 0 bridgehead atoms. The van der Waals surface area contributed by atoms with E-state index in [0.29, 0.717) is 5.54 Å². The number of nitrogens with one attached hydrogen (secondary N) is 1. The van der Waals surface area contributed by atoms with Crippen molar-refractivity contribution in [1.29, 1.82) is 0 Å². The Kier molecular flexibility index (Phi) is 12.8. The monoisotopic (exact) mass is 368 g/mol. The van der Waals surface area contributed by atoms with E-state index < -0.39 is 0 Å². The van der Waals surface area contributed by atoms with Crippen LogP contribution < -0.4 is 5.43 Å².